The number of morpholine rings is 1. The van der Waals surface area contributed by atoms with Crippen molar-refractivity contribution in [2.45, 2.75) is 25.3 Å². The van der Waals surface area contributed by atoms with Gasteiger partial charge in [-0.3, -0.25) is 4.90 Å². The number of piperidine rings is 1. The van der Waals surface area contributed by atoms with Crippen molar-refractivity contribution in [3.8, 4) is 0 Å². The van der Waals surface area contributed by atoms with Gasteiger partial charge in [0.25, 0.3) is 0 Å². The van der Waals surface area contributed by atoms with E-state index >= 15 is 0 Å². The molecule has 2 fully saturated rings. The summed E-state index contributed by atoms with van der Waals surface area (Å²) in [4.78, 5) is 20.0. The molecule has 2 aliphatic heterocycles. The molecule has 0 spiro atoms. The lowest BCUT2D eigenvalue weighted by atomic mass is 9.86. The van der Waals surface area contributed by atoms with E-state index < -0.39 is 5.97 Å². The van der Waals surface area contributed by atoms with Crippen molar-refractivity contribution >= 4 is 23.4 Å². The molecular weight excluding hydrogens is 358 g/mol. The summed E-state index contributed by atoms with van der Waals surface area (Å²) in [6.45, 7) is 5.28. The zero-order valence-electron chi connectivity index (χ0n) is 14.8. The van der Waals surface area contributed by atoms with E-state index in [-0.39, 0.29) is 12.2 Å². The standard InChI is InChI=1S/C18H26ClN3O4/c19-15-10-14(18(24)25)11-20-17(15)22-4-3-16(13(12-22)2-1-7-23)21-5-8-26-9-6-21/h10-11,13,16,23H,1-9,12H2,(H,24,25)/t13-,16+/m1/s1. The van der Waals surface area contributed by atoms with E-state index in [1.807, 2.05) is 0 Å². The molecule has 144 valence electrons. The van der Waals surface area contributed by atoms with E-state index in [4.69, 9.17) is 21.4 Å². The summed E-state index contributed by atoms with van der Waals surface area (Å²) in [6.07, 6.45) is 4.08. The highest BCUT2D eigenvalue weighted by Crippen LogP contribution is 2.32. The van der Waals surface area contributed by atoms with Gasteiger partial charge in [-0.05, 0) is 31.2 Å². The fourth-order valence-electron chi connectivity index (χ4n) is 4.02. The van der Waals surface area contributed by atoms with E-state index in [1.54, 1.807) is 0 Å². The second-order valence-electron chi connectivity index (χ2n) is 6.91. The molecule has 1 aromatic rings. The van der Waals surface area contributed by atoms with E-state index in [2.05, 4.69) is 14.8 Å². The highest BCUT2D eigenvalue weighted by Gasteiger charge is 2.34. The van der Waals surface area contributed by atoms with Gasteiger partial charge in [0.05, 0.1) is 23.8 Å². The molecule has 2 saturated heterocycles. The van der Waals surface area contributed by atoms with Gasteiger partial charge in [0.2, 0.25) is 0 Å². The number of nitrogens with zero attached hydrogens (tertiary/aromatic N) is 3. The first-order valence-corrected chi connectivity index (χ1v) is 9.54. The molecular formula is C18H26ClN3O4. The second-order valence-corrected chi connectivity index (χ2v) is 7.32. The molecule has 1 aromatic heterocycles. The SMILES string of the molecule is O=C(O)c1cnc(N2CC[C@H](N3CCOCC3)[C@H](CCCO)C2)c(Cl)c1. The normalized spacial score (nSPS) is 24.6. The van der Waals surface area contributed by atoms with E-state index in [9.17, 15) is 9.90 Å². The summed E-state index contributed by atoms with van der Waals surface area (Å²) in [7, 11) is 0. The van der Waals surface area contributed by atoms with Crippen LogP contribution in [0.4, 0.5) is 5.82 Å². The molecule has 0 bridgehead atoms. The van der Waals surface area contributed by atoms with Crippen molar-refractivity contribution in [2.75, 3.05) is 50.9 Å². The van der Waals surface area contributed by atoms with Crippen molar-refractivity contribution in [1.82, 2.24) is 9.88 Å². The zero-order chi connectivity index (χ0) is 18.5. The summed E-state index contributed by atoms with van der Waals surface area (Å²) in [5.41, 5.74) is 0.0961. The Labute approximate surface area is 158 Å². The minimum Gasteiger partial charge on any atom is -0.478 e. The van der Waals surface area contributed by atoms with Crippen LogP contribution in [0.15, 0.2) is 12.3 Å². The lowest BCUT2D eigenvalue weighted by Gasteiger charge is -2.45. The number of aromatic nitrogens is 1. The highest BCUT2D eigenvalue weighted by atomic mass is 35.5. The summed E-state index contributed by atoms with van der Waals surface area (Å²) in [5.74, 6) is 0.0231. The second kappa shape index (κ2) is 8.99. The number of aliphatic hydroxyl groups excluding tert-OH is 1. The third-order valence-electron chi connectivity index (χ3n) is 5.31. The van der Waals surface area contributed by atoms with Crippen LogP contribution in [0.5, 0.6) is 0 Å². The average molecular weight is 384 g/mol. The largest absolute Gasteiger partial charge is 0.478 e. The minimum absolute atomic E-state index is 0.0961. The predicted octanol–water partition coefficient (Wildman–Crippen LogP) is 1.73. The molecule has 3 heterocycles. The van der Waals surface area contributed by atoms with E-state index in [1.165, 1.54) is 12.3 Å². The number of carbonyl (C=O) groups is 1. The van der Waals surface area contributed by atoms with Crippen molar-refractivity contribution in [1.29, 1.82) is 0 Å². The summed E-state index contributed by atoms with van der Waals surface area (Å²) in [6, 6.07) is 1.93. The van der Waals surface area contributed by atoms with Crippen molar-refractivity contribution < 1.29 is 19.7 Å². The maximum absolute atomic E-state index is 11.1. The molecule has 0 aliphatic carbocycles. The quantitative estimate of drug-likeness (QED) is 0.773. The zero-order valence-corrected chi connectivity index (χ0v) is 15.6. The fourth-order valence-corrected chi connectivity index (χ4v) is 4.31. The van der Waals surface area contributed by atoms with E-state index in [0.29, 0.717) is 22.8 Å². The molecule has 0 unspecified atom stereocenters. The van der Waals surface area contributed by atoms with Crippen LogP contribution in [-0.4, -0.2) is 78.1 Å². The number of halogens is 1. The van der Waals surface area contributed by atoms with Crippen LogP contribution < -0.4 is 4.90 Å². The van der Waals surface area contributed by atoms with Crippen LogP contribution in [0.2, 0.25) is 5.02 Å². The number of hydrogen-bond acceptors (Lipinski definition) is 6. The average Bonchev–Trinajstić information content (AvgIpc) is 2.66. The van der Waals surface area contributed by atoms with Crippen LogP contribution in [0, 0.1) is 5.92 Å². The lowest BCUT2D eigenvalue weighted by molar-refractivity contribution is -0.00415. The highest BCUT2D eigenvalue weighted by molar-refractivity contribution is 6.33. The first-order chi connectivity index (χ1) is 12.6. The first-order valence-electron chi connectivity index (χ1n) is 9.16. The number of rotatable bonds is 6. The van der Waals surface area contributed by atoms with Gasteiger partial charge in [-0.1, -0.05) is 11.6 Å². The molecule has 0 aromatic carbocycles. The van der Waals surface area contributed by atoms with Gasteiger partial charge >= 0.3 is 5.97 Å². The van der Waals surface area contributed by atoms with Gasteiger partial charge in [-0.15, -0.1) is 0 Å². The van der Waals surface area contributed by atoms with Crippen LogP contribution in [0.3, 0.4) is 0 Å². The number of carboxylic acid groups (broad SMARTS) is 1. The monoisotopic (exact) mass is 383 g/mol. The molecule has 7 nitrogen and oxygen atoms in total. The van der Waals surface area contributed by atoms with Crippen molar-refractivity contribution in [3.63, 3.8) is 0 Å². The number of aliphatic hydroxyl groups is 1. The third kappa shape index (κ3) is 4.46. The maximum atomic E-state index is 11.1. The Morgan fingerprint density at radius 2 is 2.12 bits per heavy atom. The van der Waals surface area contributed by atoms with Crippen molar-refractivity contribution in [2.24, 2.45) is 5.92 Å². The van der Waals surface area contributed by atoms with E-state index in [0.717, 1.165) is 58.7 Å². The smallest absolute Gasteiger partial charge is 0.337 e. The number of carboxylic acids is 1. The number of aromatic carboxylic acids is 1. The molecule has 8 heteroatoms. The molecule has 2 N–H and O–H groups in total. The van der Waals surface area contributed by atoms with Crippen LogP contribution >= 0.6 is 11.6 Å². The summed E-state index contributed by atoms with van der Waals surface area (Å²) >= 11 is 6.31. The van der Waals surface area contributed by atoms with Gasteiger partial charge < -0.3 is 19.8 Å². The van der Waals surface area contributed by atoms with Gasteiger partial charge in [-0.25, -0.2) is 9.78 Å². The number of pyridine rings is 1. The van der Waals surface area contributed by atoms with Gasteiger partial charge in [0.15, 0.2) is 0 Å². The molecule has 0 radical (unpaired) electrons. The molecule has 0 amide bonds. The van der Waals surface area contributed by atoms with Crippen LogP contribution in [-0.2, 0) is 4.74 Å². The minimum atomic E-state index is -1.03. The van der Waals surface area contributed by atoms with Crippen LogP contribution in [0.25, 0.3) is 0 Å². The maximum Gasteiger partial charge on any atom is 0.337 e. The Morgan fingerprint density at radius 3 is 2.77 bits per heavy atom. The van der Waals surface area contributed by atoms with Gasteiger partial charge in [0, 0.05) is 45.0 Å². The Morgan fingerprint density at radius 1 is 1.35 bits per heavy atom. The molecule has 2 atom stereocenters. The molecule has 0 saturated carbocycles. The fraction of sp³-hybridized carbons (Fsp3) is 0.667. The molecule has 3 rings (SSSR count). The number of anilines is 1. The van der Waals surface area contributed by atoms with Gasteiger partial charge in [-0.2, -0.15) is 0 Å². The predicted molar refractivity (Wildman–Crippen MR) is 99.0 cm³/mol. The third-order valence-corrected chi connectivity index (χ3v) is 5.59. The Bertz CT molecular complexity index is 624. The van der Waals surface area contributed by atoms with Gasteiger partial charge in [0.1, 0.15) is 5.82 Å². The molecule has 2 aliphatic rings. The summed E-state index contributed by atoms with van der Waals surface area (Å²) < 4.78 is 5.48. The Kier molecular flexibility index (Phi) is 6.69. The molecule has 26 heavy (non-hydrogen) atoms. The topological polar surface area (TPSA) is 86.1 Å². The first kappa shape index (κ1) is 19.4. The van der Waals surface area contributed by atoms with Crippen molar-refractivity contribution in [3.05, 3.63) is 22.8 Å². The summed E-state index contributed by atoms with van der Waals surface area (Å²) in [5, 5.41) is 18.7. The number of ether oxygens (including phenoxy) is 1. The van der Waals surface area contributed by atoms with Crippen LogP contribution in [0.1, 0.15) is 29.6 Å². The Hall–Kier alpha value is -1.41. The Balaban J connectivity index is 1.74. The lowest BCUT2D eigenvalue weighted by Crippen LogP contribution is -2.54. The number of hydrogen-bond donors (Lipinski definition) is 2.